The molecule has 6 nitrogen and oxygen atoms in total. The molecule has 0 saturated heterocycles. The summed E-state index contributed by atoms with van der Waals surface area (Å²) >= 11 is 0. The Morgan fingerprint density at radius 1 is 1.25 bits per heavy atom. The number of hydrogen-bond acceptors (Lipinski definition) is 4. The lowest BCUT2D eigenvalue weighted by Gasteiger charge is -2.14. The van der Waals surface area contributed by atoms with Crippen LogP contribution in [0.5, 0.6) is 11.5 Å². The molecule has 128 valence electrons. The predicted molar refractivity (Wildman–Crippen MR) is 90.7 cm³/mol. The molecule has 6 heteroatoms. The number of methoxy groups -OCH3 is 2. The molecular formula is C18H23N3O3. The Bertz CT molecular complexity index is 724. The van der Waals surface area contributed by atoms with Gasteiger partial charge in [-0.2, -0.15) is 5.10 Å². The van der Waals surface area contributed by atoms with Crippen LogP contribution in [0.3, 0.4) is 0 Å². The van der Waals surface area contributed by atoms with Gasteiger partial charge in [0, 0.05) is 18.3 Å². The number of aryl methyl sites for hydroxylation is 1. The Balaban J connectivity index is 1.61. The molecule has 0 unspecified atom stereocenters. The summed E-state index contributed by atoms with van der Waals surface area (Å²) in [6, 6.07) is 5.17. The van der Waals surface area contributed by atoms with Crippen molar-refractivity contribution in [3.05, 3.63) is 41.2 Å². The minimum absolute atomic E-state index is 0.157. The van der Waals surface area contributed by atoms with Gasteiger partial charge in [0.1, 0.15) is 11.5 Å². The number of carbonyl (C=O) groups is 1. The van der Waals surface area contributed by atoms with Gasteiger partial charge in [0.15, 0.2) is 0 Å². The molecule has 0 fully saturated rings. The normalized spacial score (nSPS) is 13.2. The number of fused-ring (bicyclic) bond motifs is 1. The monoisotopic (exact) mass is 329 g/mol. The molecular weight excluding hydrogens is 306 g/mol. The van der Waals surface area contributed by atoms with Gasteiger partial charge < -0.3 is 14.8 Å². The Labute approximate surface area is 141 Å². The van der Waals surface area contributed by atoms with Crippen molar-refractivity contribution in [1.29, 1.82) is 0 Å². The van der Waals surface area contributed by atoms with Gasteiger partial charge in [-0.05, 0) is 43.4 Å². The van der Waals surface area contributed by atoms with E-state index in [1.807, 2.05) is 10.9 Å². The van der Waals surface area contributed by atoms with Crippen LogP contribution in [-0.2, 0) is 19.4 Å². The standard InChI is InChI=1S/C18H23N3O3/c1-23-14-7-8-15(17(11-14)24-2)18(22)19-9-10-21-16-6-4-3-5-13(16)12-20-21/h7-8,11-12H,3-6,9-10H2,1-2H3,(H,19,22). The van der Waals surface area contributed by atoms with Crippen molar-refractivity contribution in [2.24, 2.45) is 0 Å². The predicted octanol–water partition coefficient (Wildman–Crippen LogP) is 2.21. The molecule has 24 heavy (non-hydrogen) atoms. The number of carbonyl (C=O) groups excluding carboxylic acids is 1. The highest BCUT2D eigenvalue weighted by molar-refractivity contribution is 5.97. The highest BCUT2D eigenvalue weighted by Gasteiger charge is 2.16. The average molecular weight is 329 g/mol. The average Bonchev–Trinajstić information content (AvgIpc) is 3.04. The number of aromatic nitrogens is 2. The summed E-state index contributed by atoms with van der Waals surface area (Å²) < 4.78 is 12.4. The van der Waals surface area contributed by atoms with Crippen molar-refractivity contribution in [3.8, 4) is 11.5 Å². The lowest BCUT2D eigenvalue weighted by atomic mass is 9.98. The lowest BCUT2D eigenvalue weighted by Crippen LogP contribution is -2.28. The fraction of sp³-hybridized carbons (Fsp3) is 0.444. The number of amides is 1. The van der Waals surface area contributed by atoms with Crippen molar-refractivity contribution in [2.45, 2.75) is 32.2 Å². The largest absolute Gasteiger partial charge is 0.497 e. The van der Waals surface area contributed by atoms with E-state index in [4.69, 9.17) is 9.47 Å². The minimum Gasteiger partial charge on any atom is -0.497 e. The molecule has 0 bridgehead atoms. The first-order chi connectivity index (χ1) is 11.7. The first kappa shape index (κ1) is 16.4. The van der Waals surface area contributed by atoms with E-state index in [2.05, 4.69) is 10.4 Å². The van der Waals surface area contributed by atoms with Crippen LogP contribution in [0.15, 0.2) is 24.4 Å². The smallest absolute Gasteiger partial charge is 0.255 e. The summed E-state index contributed by atoms with van der Waals surface area (Å²) in [6.07, 6.45) is 6.62. The van der Waals surface area contributed by atoms with Crippen molar-refractivity contribution in [2.75, 3.05) is 20.8 Å². The van der Waals surface area contributed by atoms with E-state index in [0.717, 1.165) is 12.8 Å². The van der Waals surface area contributed by atoms with Gasteiger partial charge in [0.25, 0.3) is 5.91 Å². The van der Waals surface area contributed by atoms with Gasteiger partial charge in [-0.3, -0.25) is 9.48 Å². The maximum absolute atomic E-state index is 12.4. The molecule has 0 atom stereocenters. The van der Waals surface area contributed by atoms with Gasteiger partial charge >= 0.3 is 0 Å². The summed E-state index contributed by atoms with van der Waals surface area (Å²) in [5.41, 5.74) is 3.17. The third kappa shape index (κ3) is 3.37. The fourth-order valence-electron chi connectivity index (χ4n) is 3.11. The molecule has 0 radical (unpaired) electrons. The van der Waals surface area contributed by atoms with Gasteiger partial charge in [0.2, 0.25) is 0 Å². The molecule has 1 aliphatic rings. The number of ether oxygens (including phenoxy) is 2. The molecule has 0 saturated carbocycles. The molecule has 1 aromatic heterocycles. The molecule has 1 aromatic carbocycles. The van der Waals surface area contributed by atoms with Crippen molar-refractivity contribution in [1.82, 2.24) is 15.1 Å². The lowest BCUT2D eigenvalue weighted by molar-refractivity contribution is 0.0948. The summed E-state index contributed by atoms with van der Waals surface area (Å²) in [5.74, 6) is 1.01. The summed E-state index contributed by atoms with van der Waals surface area (Å²) in [6.45, 7) is 1.21. The molecule has 0 aliphatic heterocycles. The first-order valence-corrected chi connectivity index (χ1v) is 8.26. The SMILES string of the molecule is COc1ccc(C(=O)NCCn2ncc3c2CCCC3)c(OC)c1. The number of benzene rings is 1. The Morgan fingerprint density at radius 3 is 2.88 bits per heavy atom. The van der Waals surface area contributed by atoms with Crippen LogP contribution >= 0.6 is 0 Å². The maximum atomic E-state index is 12.4. The van der Waals surface area contributed by atoms with Crippen molar-refractivity contribution in [3.63, 3.8) is 0 Å². The number of nitrogens with one attached hydrogen (secondary N) is 1. The van der Waals surface area contributed by atoms with E-state index < -0.39 is 0 Å². The Kier molecular flexibility index (Phi) is 5.03. The van der Waals surface area contributed by atoms with Crippen molar-refractivity contribution < 1.29 is 14.3 Å². The van der Waals surface area contributed by atoms with Crippen LogP contribution in [0, 0.1) is 0 Å². The minimum atomic E-state index is -0.157. The molecule has 3 rings (SSSR count). The third-order valence-corrected chi connectivity index (χ3v) is 4.41. The number of rotatable bonds is 6. The van der Waals surface area contributed by atoms with Crippen LogP contribution in [0.25, 0.3) is 0 Å². The van der Waals surface area contributed by atoms with Gasteiger partial charge in [0.05, 0.1) is 32.5 Å². The van der Waals surface area contributed by atoms with E-state index in [0.29, 0.717) is 30.2 Å². The summed E-state index contributed by atoms with van der Waals surface area (Å²) in [4.78, 5) is 12.4. The topological polar surface area (TPSA) is 65.4 Å². The number of nitrogens with zero attached hydrogens (tertiary/aromatic N) is 2. The molecule has 1 amide bonds. The van der Waals surface area contributed by atoms with E-state index in [1.165, 1.54) is 24.1 Å². The zero-order valence-corrected chi connectivity index (χ0v) is 14.2. The van der Waals surface area contributed by atoms with Crippen LogP contribution in [-0.4, -0.2) is 36.5 Å². The summed E-state index contributed by atoms with van der Waals surface area (Å²) in [7, 11) is 3.13. The second-order valence-electron chi connectivity index (χ2n) is 5.87. The zero-order valence-electron chi connectivity index (χ0n) is 14.2. The Hall–Kier alpha value is -2.50. The van der Waals surface area contributed by atoms with E-state index in [9.17, 15) is 4.79 Å². The van der Waals surface area contributed by atoms with Gasteiger partial charge in [-0.1, -0.05) is 0 Å². The molecule has 0 spiro atoms. The maximum Gasteiger partial charge on any atom is 0.255 e. The van der Waals surface area contributed by atoms with Crippen LogP contribution in [0.4, 0.5) is 0 Å². The first-order valence-electron chi connectivity index (χ1n) is 8.26. The molecule has 1 N–H and O–H groups in total. The van der Waals surface area contributed by atoms with Gasteiger partial charge in [-0.25, -0.2) is 0 Å². The van der Waals surface area contributed by atoms with E-state index in [1.54, 1.807) is 32.4 Å². The quantitative estimate of drug-likeness (QED) is 0.882. The number of hydrogen-bond donors (Lipinski definition) is 1. The molecule has 1 aliphatic carbocycles. The zero-order chi connectivity index (χ0) is 16.9. The summed E-state index contributed by atoms with van der Waals surface area (Å²) in [5, 5.41) is 7.38. The van der Waals surface area contributed by atoms with Crippen LogP contribution in [0.1, 0.15) is 34.5 Å². The molecule has 2 aromatic rings. The highest BCUT2D eigenvalue weighted by atomic mass is 16.5. The highest BCUT2D eigenvalue weighted by Crippen LogP contribution is 2.24. The van der Waals surface area contributed by atoms with Gasteiger partial charge in [-0.15, -0.1) is 0 Å². The second-order valence-corrected chi connectivity index (χ2v) is 5.87. The fourth-order valence-corrected chi connectivity index (χ4v) is 3.11. The molecule has 1 heterocycles. The third-order valence-electron chi connectivity index (χ3n) is 4.41. The van der Waals surface area contributed by atoms with E-state index >= 15 is 0 Å². The van der Waals surface area contributed by atoms with Crippen LogP contribution in [0.2, 0.25) is 0 Å². The van der Waals surface area contributed by atoms with Crippen LogP contribution < -0.4 is 14.8 Å². The van der Waals surface area contributed by atoms with E-state index in [-0.39, 0.29) is 5.91 Å². The Morgan fingerprint density at radius 2 is 2.08 bits per heavy atom. The second kappa shape index (κ2) is 7.38. The van der Waals surface area contributed by atoms with Crippen molar-refractivity contribution >= 4 is 5.91 Å².